The van der Waals surface area contributed by atoms with Crippen LogP contribution in [0.25, 0.3) is 19.8 Å². The van der Waals surface area contributed by atoms with E-state index in [0.717, 1.165) is 6.42 Å². The molecular formula is C25H22S3. The van der Waals surface area contributed by atoms with Crippen molar-refractivity contribution in [3.8, 4) is 9.75 Å². The van der Waals surface area contributed by atoms with E-state index in [9.17, 15) is 0 Å². The van der Waals surface area contributed by atoms with Gasteiger partial charge in [0, 0.05) is 14.5 Å². The van der Waals surface area contributed by atoms with E-state index < -0.39 is 0 Å². The normalized spacial score (nSPS) is 9.71. The lowest BCUT2D eigenvalue weighted by Crippen LogP contribution is -1.75. The largest absolute Gasteiger partial charge is 0.144 e. The van der Waals surface area contributed by atoms with Gasteiger partial charge in [-0.25, -0.2) is 0 Å². The summed E-state index contributed by atoms with van der Waals surface area (Å²) >= 11 is 5.37. The molecule has 0 amide bonds. The highest BCUT2D eigenvalue weighted by Gasteiger charge is 1.96. The number of thiophene rings is 3. The van der Waals surface area contributed by atoms with Crippen LogP contribution >= 0.6 is 34.0 Å². The quantitative estimate of drug-likeness (QED) is 0.257. The molecule has 0 unspecified atom stereocenters. The van der Waals surface area contributed by atoms with Gasteiger partial charge in [0.05, 0.1) is 0 Å². The number of hydrogen-bond acceptors (Lipinski definition) is 3. The molecule has 5 rings (SSSR count). The number of fused-ring (bicyclic) bond motifs is 1. The van der Waals surface area contributed by atoms with Crippen LogP contribution in [0.4, 0.5) is 0 Å². The minimum Gasteiger partial charge on any atom is -0.144 e. The van der Waals surface area contributed by atoms with Gasteiger partial charge in [0.25, 0.3) is 0 Å². The van der Waals surface area contributed by atoms with Crippen LogP contribution in [0.1, 0.15) is 5.56 Å². The Kier molecular flexibility index (Phi) is 8.26. The standard InChI is InChI=1S/C9H10.C8H6S2.C8H6S/c1-2-6-9-7-4-3-5-8-9;1-3-7(9-5-1)8-4-2-6-10-8;1-2-4-8-7(3-1)5-6-9-8/h2-5,7-8H,1,6H2;1-6H;1-6H. The molecule has 0 aliphatic rings. The van der Waals surface area contributed by atoms with E-state index in [0.29, 0.717) is 0 Å². The van der Waals surface area contributed by atoms with Crippen LogP contribution in [0, 0.1) is 0 Å². The van der Waals surface area contributed by atoms with Crippen molar-refractivity contribution in [3.63, 3.8) is 0 Å². The Bertz CT molecular complexity index is 977. The molecule has 0 N–H and O–H groups in total. The van der Waals surface area contributed by atoms with Gasteiger partial charge in [-0.3, -0.25) is 0 Å². The number of allylic oxidation sites excluding steroid dienone is 1. The first-order valence-electron chi connectivity index (χ1n) is 9.01. The molecule has 28 heavy (non-hydrogen) atoms. The molecule has 0 radical (unpaired) electrons. The van der Waals surface area contributed by atoms with Crippen LogP contribution in [0.15, 0.2) is 114 Å². The summed E-state index contributed by atoms with van der Waals surface area (Å²) in [4.78, 5) is 2.74. The molecular weight excluding hydrogens is 396 g/mol. The molecule has 0 aliphatic heterocycles. The molecule has 140 valence electrons. The van der Waals surface area contributed by atoms with Crippen molar-refractivity contribution in [1.82, 2.24) is 0 Å². The first kappa shape index (κ1) is 20.3. The molecule has 3 aromatic heterocycles. The molecule has 0 nitrogen and oxygen atoms in total. The zero-order chi connectivity index (χ0) is 19.4. The minimum atomic E-state index is 0.973. The van der Waals surface area contributed by atoms with Crippen molar-refractivity contribution >= 4 is 44.1 Å². The predicted molar refractivity (Wildman–Crippen MR) is 130 cm³/mol. The molecule has 0 atom stereocenters. The van der Waals surface area contributed by atoms with Crippen LogP contribution in [0.3, 0.4) is 0 Å². The zero-order valence-corrected chi connectivity index (χ0v) is 18.0. The average molecular weight is 419 g/mol. The second-order valence-corrected chi connectivity index (χ2v) is 8.73. The van der Waals surface area contributed by atoms with Crippen LogP contribution in [-0.4, -0.2) is 0 Å². The molecule has 0 bridgehead atoms. The molecule has 0 fully saturated rings. The highest BCUT2D eigenvalue weighted by Crippen LogP contribution is 2.28. The van der Waals surface area contributed by atoms with Crippen molar-refractivity contribution in [2.75, 3.05) is 0 Å². The van der Waals surface area contributed by atoms with Crippen LogP contribution in [-0.2, 0) is 6.42 Å². The van der Waals surface area contributed by atoms with E-state index in [4.69, 9.17) is 0 Å². The van der Waals surface area contributed by atoms with Gasteiger partial charge < -0.3 is 0 Å². The Morgan fingerprint density at radius 3 is 1.82 bits per heavy atom. The van der Waals surface area contributed by atoms with E-state index in [1.165, 1.54) is 25.4 Å². The van der Waals surface area contributed by atoms with Gasteiger partial charge in [-0.1, -0.05) is 66.7 Å². The van der Waals surface area contributed by atoms with E-state index in [1.807, 2.05) is 24.3 Å². The second kappa shape index (κ2) is 11.4. The van der Waals surface area contributed by atoms with Crippen molar-refractivity contribution in [2.24, 2.45) is 0 Å². The Balaban J connectivity index is 0.000000121. The maximum Gasteiger partial charge on any atom is 0.0442 e. The van der Waals surface area contributed by atoms with Gasteiger partial charge >= 0.3 is 0 Å². The summed E-state index contributed by atoms with van der Waals surface area (Å²) in [5, 5.41) is 7.68. The molecule has 3 heteroatoms. The van der Waals surface area contributed by atoms with Crippen molar-refractivity contribution in [1.29, 1.82) is 0 Å². The van der Waals surface area contributed by atoms with E-state index >= 15 is 0 Å². The monoisotopic (exact) mass is 418 g/mol. The highest BCUT2D eigenvalue weighted by molar-refractivity contribution is 7.20. The van der Waals surface area contributed by atoms with E-state index in [1.54, 1.807) is 34.0 Å². The smallest absolute Gasteiger partial charge is 0.0442 e. The highest BCUT2D eigenvalue weighted by atomic mass is 32.1. The fourth-order valence-electron chi connectivity index (χ4n) is 2.52. The lowest BCUT2D eigenvalue weighted by molar-refractivity contribution is 1.28. The fourth-order valence-corrected chi connectivity index (χ4v) is 4.89. The summed E-state index contributed by atoms with van der Waals surface area (Å²) in [5.74, 6) is 0. The van der Waals surface area contributed by atoms with Gasteiger partial charge in [-0.15, -0.1) is 40.6 Å². The molecule has 5 aromatic rings. The van der Waals surface area contributed by atoms with Crippen molar-refractivity contribution in [3.05, 3.63) is 119 Å². The summed E-state index contributed by atoms with van der Waals surface area (Å²) in [6, 6.07) is 29.3. The summed E-state index contributed by atoms with van der Waals surface area (Å²) in [6.45, 7) is 3.66. The minimum absolute atomic E-state index is 0.973. The summed E-state index contributed by atoms with van der Waals surface area (Å²) in [6.07, 6.45) is 2.89. The third-order valence-electron chi connectivity index (χ3n) is 3.87. The van der Waals surface area contributed by atoms with Crippen molar-refractivity contribution in [2.45, 2.75) is 6.42 Å². The Morgan fingerprint density at radius 1 is 0.607 bits per heavy atom. The number of hydrogen-bond donors (Lipinski definition) is 0. The Labute approximate surface area is 179 Å². The average Bonchev–Trinajstić information content (AvgIpc) is 3.52. The molecule has 2 aromatic carbocycles. The van der Waals surface area contributed by atoms with E-state index in [-0.39, 0.29) is 0 Å². The number of rotatable bonds is 3. The second-order valence-electron chi connectivity index (χ2n) is 5.89. The molecule has 3 heterocycles. The van der Waals surface area contributed by atoms with Crippen LogP contribution < -0.4 is 0 Å². The topological polar surface area (TPSA) is 0 Å². The summed E-state index contributed by atoms with van der Waals surface area (Å²) < 4.78 is 1.37. The van der Waals surface area contributed by atoms with Gasteiger partial charge in [-0.05, 0) is 57.8 Å². The first-order valence-corrected chi connectivity index (χ1v) is 11.6. The lowest BCUT2D eigenvalue weighted by atomic mass is 10.2. The van der Waals surface area contributed by atoms with Crippen LogP contribution in [0.2, 0.25) is 0 Å². The fraction of sp³-hybridized carbons (Fsp3) is 0.0400. The zero-order valence-electron chi connectivity index (χ0n) is 15.5. The first-order chi connectivity index (χ1) is 13.9. The summed E-state index contributed by atoms with van der Waals surface area (Å²) in [5.41, 5.74) is 1.33. The van der Waals surface area contributed by atoms with Gasteiger partial charge in [0.2, 0.25) is 0 Å². The predicted octanol–water partition coefficient (Wildman–Crippen LogP) is 8.79. The van der Waals surface area contributed by atoms with Gasteiger partial charge in [-0.2, -0.15) is 0 Å². The summed E-state index contributed by atoms with van der Waals surface area (Å²) in [7, 11) is 0. The molecule has 0 aliphatic carbocycles. The lowest BCUT2D eigenvalue weighted by Gasteiger charge is -1.91. The third-order valence-corrected chi connectivity index (χ3v) is 6.70. The third kappa shape index (κ3) is 6.31. The molecule has 0 saturated carbocycles. The maximum absolute atomic E-state index is 3.66. The van der Waals surface area contributed by atoms with Crippen molar-refractivity contribution < 1.29 is 0 Å². The van der Waals surface area contributed by atoms with Crippen LogP contribution in [0.5, 0.6) is 0 Å². The van der Waals surface area contributed by atoms with Gasteiger partial charge in [0.15, 0.2) is 0 Å². The van der Waals surface area contributed by atoms with E-state index in [2.05, 4.69) is 89.4 Å². The Morgan fingerprint density at radius 2 is 1.25 bits per heavy atom. The number of benzene rings is 2. The maximum atomic E-state index is 3.66. The van der Waals surface area contributed by atoms with Gasteiger partial charge in [0.1, 0.15) is 0 Å². The molecule has 0 saturated heterocycles. The molecule has 0 spiro atoms. The Hall–Kier alpha value is -2.46. The SMILES string of the molecule is C=CCc1ccccc1.c1ccc2sccc2c1.c1csc(-c2cccs2)c1.